The van der Waals surface area contributed by atoms with Crippen molar-refractivity contribution < 1.29 is 14.6 Å². The lowest BCUT2D eigenvalue weighted by Gasteiger charge is -2.02. The molecule has 2 fully saturated rings. The molecule has 0 radical (unpaired) electrons. The van der Waals surface area contributed by atoms with Crippen LogP contribution in [0.25, 0.3) is 20.9 Å². The van der Waals surface area contributed by atoms with E-state index in [1.807, 2.05) is 0 Å². The van der Waals surface area contributed by atoms with Gasteiger partial charge in [-0.25, -0.2) is 0 Å². The summed E-state index contributed by atoms with van der Waals surface area (Å²) in [5.41, 5.74) is 27.0. The van der Waals surface area contributed by atoms with Crippen molar-refractivity contribution in [2.45, 2.75) is 38.5 Å². The molecule has 0 aliphatic carbocycles. The highest BCUT2D eigenvalue weighted by Gasteiger charge is 2.25. The molecule has 11 heteroatoms. The third kappa shape index (κ3) is 9.37. The first-order chi connectivity index (χ1) is 10.1. The molecule has 0 bridgehead atoms. The standard InChI is InChI=1S/C4H6N6O.C4H10N2O.C2H6O.CH4/c5-9-7-3-1-11-2-4(3)8-10-6;5-3-1-7-2-4(3)6;1-2-3;/h3-4H,1-2H2;3-4H,1-2,5-6H2;3H,2H2,1H3;1H4. The van der Waals surface area contributed by atoms with E-state index in [4.69, 9.17) is 37.1 Å². The van der Waals surface area contributed by atoms with Crippen molar-refractivity contribution in [3.63, 3.8) is 0 Å². The molecule has 0 saturated carbocycles. The Labute approximate surface area is 129 Å². The molecular formula is C11H26N8O3. The molecule has 2 saturated heterocycles. The quantitative estimate of drug-likeness (QED) is 0.382. The maximum absolute atomic E-state index is 8.08. The molecule has 0 aromatic carbocycles. The van der Waals surface area contributed by atoms with Crippen LogP contribution in [0.3, 0.4) is 0 Å². The average molecular weight is 318 g/mol. The highest BCUT2D eigenvalue weighted by molar-refractivity contribution is 4.87. The Balaban J connectivity index is 0. The number of azide groups is 2. The van der Waals surface area contributed by atoms with Crippen LogP contribution in [0, 0.1) is 0 Å². The van der Waals surface area contributed by atoms with Crippen LogP contribution in [0.1, 0.15) is 14.4 Å². The maximum atomic E-state index is 8.08. The summed E-state index contributed by atoms with van der Waals surface area (Å²) in [5, 5.41) is 14.4. The molecule has 128 valence electrons. The topological polar surface area (TPSA) is 188 Å². The minimum absolute atomic E-state index is 0. The molecule has 4 atom stereocenters. The van der Waals surface area contributed by atoms with Gasteiger partial charge in [-0.15, -0.1) is 0 Å². The van der Waals surface area contributed by atoms with Crippen molar-refractivity contribution in [2.24, 2.45) is 21.7 Å². The van der Waals surface area contributed by atoms with Crippen LogP contribution in [0.2, 0.25) is 0 Å². The summed E-state index contributed by atoms with van der Waals surface area (Å²) in [5.74, 6) is 0. The van der Waals surface area contributed by atoms with Crippen molar-refractivity contribution in [3.8, 4) is 0 Å². The van der Waals surface area contributed by atoms with Crippen LogP contribution in [-0.2, 0) is 9.47 Å². The molecule has 0 amide bonds. The highest BCUT2D eigenvalue weighted by Crippen LogP contribution is 2.13. The number of ether oxygens (including phenoxy) is 2. The lowest BCUT2D eigenvalue weighted by Crippen LogP contribution is -2.39. The fourth-order valence-electron chi connectivity index (χ4n) is 1.47. The average Bonchev–Trinajstić information content (AvgIpc) is 3.03. The van der Waals surface area contributed by atoms with Crippen LogP contribution in [0.15, 0.2) is 10.2 Å². The summed E-state index contributed by atoms with van der Waals surface area (Å²) in [4.78, 5) is 5.22. The number of aliphatic hydroxyl groups excluding tert-OH is 1. The van der Waals surface area contributed by atoms with Gasteiger partial charge >= 0.3 is 0 Å². The van der Waals surface area contributed by atoms with Crippen molar-refractivity contribution in [1.82, 2.24) is 0 Å². The van der Waals surface area contributed by atoms with Gasteiger partial charge in [0, 0.05) is 28.5 Å². The van der Waals surface area contributed by atoms with E-state index < -0.39 is 0 Å². The normalized spacial score (nSPS) is 28.5. The molecule has 0 spiro atoms. The Morgan fingerprint density at radius 2 is 1.32 bits per heavy atom. The van der Waals surface area contributed by atoms with Crippen molar-refractivity contribution in [2.75, 3.05) is 33.0 Å². The summed E-state index contributed by atoms with van der Waals surface area (Å²) in [6.45, 7) is 3.86. The Hall–Kier alpha value is -1.58. The second kappa shape index (κ2) is 14.4. The number of aliphatic hydroxyl groups is 1. The van der Waals surface area contributed by atoms with Gasteiger partial charge in [-0.3, -0.25) is 0 Å². The fraction of sp³-hybridized carbons (Fsp3) is 1.00. The van der Waals surface area contributed by atoms with Crippen LogP contribution < -0.4 is 11.5 Å². The van der Waals surface area contributed by atoms with E-state index in [0.29, 0.717) is 26.4 Å². The van der Waals surface area contributed by atoms with Gasteiger partial charge in [0.2, 0.25) is 0 Å². The van der Waals surface area contributed by atoms with Gasteiger partial charge in [0.15, 0.2) is 0 Å². The van der Waals surface area contributed by atoms with Crippen LogP contribution in [-0.4, -0.2) is 62.3 Å². The van der Waals surface area contributed by atoms with Gasteiger partial charge in [0.1, 0.15) is 0 Å². The molecule has 4 unspecified atom stereocenters. The van der Waals surface area contributed by atoms with Crippen molar-refractivity contribution >= 4 is 0 Å². The monoisotopic (exact) mass is 318 g/mol. The smallest absolute Gasteiger partial charge is 0.0714 e. The van der Waals surface area contributed by atoms with E-state index >= 15 is 0 Å². The highest BCUT2D eigenvalue weighted by atomic mass is 16.5. The van der Waals surface area contributed by atoms with Gasteiger partial charge in [-0.2, -0.15) is 0 Å². The third-order valence-corrected chi connectivity index (χ3v) is 2.59. The largest absolute Gasteiger partial charge is 0.397 e. The summed E-state index contributed by atoms with van der Waals surface area (Å²) >= 11 is 0. The van der Waals surface area contributed by atoms with Gasteiger partial charge in [0.05, 0.1) is 38.5 Å². The molecule has 0 aromatic rings. The molecule has 11 nitrogen and oxygen atoms in total. The third-order valence-electron chi connectivity index (χ3n) is 2.59. The van der Waals surface area contributed by atoms with Crippen molar-refractivity contribution in [1.29, 1.82) is 0 Å². The molecule has 2 rings (SSSR count). The second-order valence-corrected chi connectivity index (χ2v) is 4.26. The fourth-order valence-corrected chi connectivity index (χ4v) is 1.47. The minimum atomic E-state index is -0.337. The number of nitrogens with zero attached hydrogens (tertiary/aromatic N) is 6. The van der Waals surface area contributed by atoms with Gasteiger partial charge in [0.25, 0.3) is 0 Å². The molecular weight excluding hydrogens is 292 g/mol. The Morgan fingerprint density at radius 1 is 1.00 bits per heavy atom. The first kappa shape index (κ1) is 22.7. The Kier molecular flexibility index (Phi) is 14.8. The Morgan fingerprint density at radius 3 is 1.55 bits per heavy atom. The number of hydrogen-bond acceptors (Lipinski definition) is 7. The minimum Gasteiger partial charge on any atom is -0.397 e. The SMILES string of the molecule is C.CCO.NC1COCC1N.[N-]=[N+]=NC1COCC1N=[N+]=[N-]. The molecule has 2 aliphatic rings. The zero-order valence-corrected chi connectivity index (χ0v) is 11.9. The molecule has 2 aliphatic heterocycles. The summed E-state index contributed by atoms with van der Waals surface area (Å²) < 4.78 is 9.86. The zero-order chi connectivity index (χ0) is 16.1. The molecule has 0 aromatic heterocycles. The van der Waals surface area contributed by atoms with E-state index in [9.17, 15) is 0 Å². The first-order valence-corrected chi connectivity index (χ1v) is 6.46. The van der Waals surface area contributed by atoms with E-state index in [2.05, 4.69) is 20.1 Å². The lowest BCUT2D eigenvalue weighted by atomic mass is 10.2. The first-order valence-electron chi connectivity index (χ1n) is 6.46. The maximum Gasteiger partial charge on any atom is 0.0714 e. The molecule has 22 heavy (non-hydrogen) atoms. The second-order valence-electron chi connectivity index (χ2n) is 4.26. The Bertz CT molecular complexity index is 338. The van der Waals surface area contributed by atoms with Crippen LogP contribution in [0.5, 0.6) is 0 Å². The molecule has 5 N–H and O–H groups in total. The predicted molar refractivity (Wildman–Crippen MR) is 82.9 cm³/mol. The van der Waals surface area contributed by atoms with Gasteiger partial charge < -0.3 is 26.0 Å². The lowest BCUT2D eigenvalue weighted by molar-refractivity contribution is 0.191. The predicted octanol–water partition coefficient (Wildman–Crippen LogP) is 0.680. The van der Waals surface area contributed by atoms with E-state index in [1.54, 1.807) is 6.92 Å². The summed E-state index contributed by atoms with van der Waals surface area (Å²) in [6.07, 6.45) is 0. The van der Waals surface area contributed by atoms with Crippen LogP contribution >= 0.6 is 0 Å². The van der Waals surface area contributed by atoms with Gasteiger partial charge in [-0.1, -0.05) is 17.7 Å². The summed E-state index contributed by atoms with van der Waals surface area (Å²) in [7, 11) is 0. The van der Waals surface area contributed by atoms with E-state index in [0.717, 1.165) is 0 Å². The van der Waals surface area contributed by atoms with Crippen LogP contribution in [0.4, 0.5) is 0 Å². The van der Waals surface area contributed by atoms with Crippen molar-refractivity contribution in [3.05, 3.63) is 20.9 Å². The number of hydrogen-bond donors (Lipinski definition) is 3. The number of rotatable bonds is 2. The number of nitrogens with two attached hydrogens (primary N) is 2. The van der Waals surface area contributed by atoms with Gasteiger partial charge in [-0.05, 0) is 18.0 Å². The van der Waals surface area contributed by atoms with E-state index in [-0.39, 0.29) is 38.2 Å². The zero-order valence-electron chi connectivity index (χ0n) is 11.9. The molecule has 2 heterocycles. The summed E-state index contributed by atoms with van der Waals surface area (Å²) in [6, 6.07) is -0.535. The van der Waals surface area contributed by atoms with E-state index in [1.165, 1.54) is 0 Å².